The highest BCUT2D eigenvalue weighted by Crippen LogP contribution is 2.22. The molecule has 0 aromatic heterocycles. The second-order valence-corrected chi connectivity index (χ2v) is 4.06. The second kappa shape index (κ2) is 6.35. The van der Waals surface area contributed by atoms with E-state index in [1.807, 2.05) is 12.2 Å². The smallest absolute Gasteiger partial charge is 0.302 e. The Kier molecular flexibility index (Phi) is 5.10. The number of esters is 1. The average Bonchev–Trinajstić information content (AvgIpc) is 2.26. The summed E-state index contributed by atoms with van der Waals surface area (Å²) in [6.07, 6.45) is 5.63. The first kappa shape index (κ1) is 13.6. The quantitative estimate of drug-likeness (QED) is 0.540. The fourth-order valence-corrected chi connectivity index (χ4v) is 1.76. The van der Waals surface area contributed by atoms with Crippen molar-refractivity contribution in [2.75, 3.05) is 6.61 Å². The van der Waals surface area contributed by atoms with Crippen LogP contribution in [0, 0.1) is 5.92 Å². The topological polar surface area (TPSA) is 52.6 Å². The molecule has 1 heterocycles. The first-order valence-electron chi connectivity index (χ1n) is 5.63. The van der Waals surface area contributed by atoms with E-state index < -0.39 is 6.10 Å². The summed E-state index contributed by atoms with van der Waals surface area (Å²) in [7, 11) is 0. The Hall–Kier alpha value is -1.42. The van der Waals surface area contributed by atoms with Gasteiger partial charge >= 0.3 is 5.97 Å². The summed E-state index contributed by atoms with van der Waals surface area (Å²) >= 11 is 0. The fraction of sp³-hybridized carbons (Fsp3) is 0.538. The van der Waals surface area contributed by atoms with Crippen LogP contribution in [0.1, 0.15) is 20.3 Å². The second-order valence-electron chi connectivity index (χ2n) is 4.06. The molecule has 0 spiro atoms. The lowest BCUT2D eigenvalue weighted by molar-refractivity contribution is -0.150. The highest BCUT2D eigenvalue weighted by molar-refractivity contribution is 5.81. The summed E-state index contributed by atoms with van der Waals surface area (Å²) in [5.41, 5.74) is 0. The van der Waals surface area contributed by atoms with Crippen molar-refractivity contribution in [3.8, 4) is 0 Å². The predicted molar refractivity (Wildman–Crippen MR) is 63.4 cm³/mol. The minimum absolute atomic E-state index is 0.00968. The minimum atomic E-state index is -0.397. The summed E-state index contributed by atoms with van der Waals surface area (Å²) in [5, 5.41) is 0. The number of ketones is 1. The number of hydrogen-bond acceptors (Lipinski definition) is 4. The van der Waals surface area contributed by atoms with E-state index in [0.29, 0.717) is 6.42 Å². The van der Waals surface area contributed by atoms with Gasteiger partial charge in [-0.15, -0.1) is 6.58 Å². The number of rotatable bonds is 5. The average molecular weight is 238 g/mol. The summed E-state index contributed by atoms with van der Waals surface area (Å²) in [5.74, 6) is -0.698. The maximum absolute atomic E-state index is 11.4. The van der Waals surface area contributed by atoms with Gasteiger partial charge in [-0.2, -0.15) is 0 Å². The molecule has 0 bridgehead atoms. The standard InChI is InChI=1S/C13H18O4/c1-4-5-11-6-7-12(9(2)14)13(17-11)8-16-10(3)15/h4,6-7,11-13H,1,5,8H2,2-3H3/t11-,12+,13-/m1/s1. The predicted octanol–water partition coefficient (Wildman–Crippen LogP) is 1.65. The molecule has 94 valence electrons. The van der Waals surface area contributed by atoms with Gasteiger partial charge in [0.25, 0.3) is 0 Å². The van der Waals surface area contributed by atoms with Crippen molar-refractivity contribution in [3.05, 3.63) is 24.8 Å². The number of hydrogen-bond donors (Lipinski definition) is 0. The van der Waals surface area contributed by atoms with E-state index in [9.17, 15) is 9.59 Å². The third kappa shape index (κ3) is 4.15. The van der Waals surface area contributed by atoms with Gasteiger partial charge in [0.15, 0.2) is 0 Å². The van der Waals surface area contributed by atoms with Crippen LogP contribution >= 0.6 is 0 Å². The lowest BCUT2D eigenvalue weighted by Gasteiger charge is -2.30. The Balaban J connectivity index is 2.67. The molecule has 0 radical (unpaired) electrons. The van der Waals surface area contributed by atoms with Crippen LogP contribution in [-0.2, 0) is 19.1 Å². The van der Waals surface area contributed by atoms with E-state index in [2.05, 4.69) is 6.58 Å². The Morgan fingerprint density at radius 1 is 1.41 bits per heavy atom. The molecular formula is C13H18O4. The van der Waals surface area contributed by atoms with Crippen LogP contribution in [0.2, 0.25) is 0 Å². The molecule has 0 saturated heterocycles. The first-order valence-corrected chi connectivity index (χ1v) is 5.63. The molecule has 0 fully saturated rings. The molecule has 0 N–H and O–H groups in total. The van der Waals surface area contributed by atoms with Gasteiger partial charge in [0.05, 0.1) is 12.0 Å². The normalized spacial score (nSPS) is 27.5. The highest BCUT2D eigenvalue weighted by atomic mass is 16.6. The van der Waals surface area contributed by atoms with Gasteiger partial charge < -0.3 is 9.47 Å². The molecule has 1 rings (SSSR count). The third-order valence-electron chi connectivity index (χ3n) is 2.60. The van der Waals surface area contributed by atoms with E-state index in [1.165, 1.54) is 13.8 Å². The van der Waals surface area contributed by atoms with E-state index in [1.54, 1.807) is 6.08 Å². The monoisotopic (exact) mass is 238 g/mol. The molecule has 3 atom stereocenters. The maximum atomic E-state index is 11.4. The molecule has 0 saturated carbocycles. The molecule has 0 aromatic rings. The Labute approximate surface area is 101 Å². The number of carbonyl (C=O) groups excluding carboxylic acids is 2. The van der Waals surface area contributed by atoms with Crippen molar-refractivity contribution in [2.24, 2.45) is 5.92 Å². The van der Waals surface area contributed by atoms with Crippen LogP contribution in [-0.4, -0.2) is 30.6 Å². The Morgan fingerprint density at radius 3 is 2.65 bits per heavy atom. The Morgan fingerprint density at radius 2 is 2.12 bits per heavy atom. The van der Waals surface area contributed by atoms with Gasteiger partial charge in [0.2, 0.25) is 0 Å². The molecule has 17 heavy (non-hydrogen) atoms. The van der Waals surface area contributed by atoms with Crippen LogP contribution in [0.15, 0.2) is 24.8 Å². The van der Waals surface area contributed by atoms with Crippen LogP contribution in [0.25, 0.3) is 0 Å². The molecule has 4 nitrogen and oxygen atoms in total. The molecule has 1 aliphatic rings. The summed E-state index contributed by atoms with van der Waals surface area (Å²) in [6, 6.07) is 0. The van der Waals surface area contributed by atoms with Crippen molar-refractivity contribution >= 4 is 11.8 Å². The molecule has 0 aliphatic carbocycles. The first-order chi connectivity index (χ1) is 8.04. The summed E-state index contributed by atoms with van der Waals surface area (Å²) in [4.78, 5) is 22.2. The Bertz CT molecular complexity index is 332. The van der Waals surface area contributed by atoms with Gasteiger partial charge in [-0.1, -0.05) is 18.2 Å². The van der Waals surface area contributed by atoms with Crippen molar-refractivity contribution in [3.63, 3.8) is 0 Å². The van der Waals surface area contributed by atoms with Gasteiger partial charge in [-0.3, -0.25) is 9.59 Å². The van der Waals surface area contributed by atoms with Crippen molar-refractivity contribution in [2.45, 2.75) is 32.5 Å². The summed E-state index contributed by atoms with van der Waals surface area (Å²) in [6.45, 7) is 6.59. The third-order valence-corrected chi connectivity index (χ3v) is 2.60. The number of Topliss-reactive ketones (excluding diaryl/α,β-unsaturated/α-hetero) is 1. The molecule has 4 heteroatoms. The lowest BCUT2D eigenvalue weighted by Crippen LogP contribution is -2.38. The molecule has 0 unspecified atom stereocenters. The maximum Gasteiger partial charge on any atom is 0.302 e. The molecular weight excluding hydrogens is 220 g/mol. The molecule has 0 amide bonds. The largest absolute Gasteiger partial charge is 0.463 e. The molecule has 0 aromatic carbocycles. The van der Waals surface area contributed by atoms with Crippen LogP contribution in [0.5, 0.6) is 0 Å². The molecule has 1 aliphatic heterocycles. The van der Waals surface area contributed by atoms with E-state index in [0.717, 1.165) is 0 Å². The van der Waals surface area contributed by atoms with E-state index in [-0.39, 0.29) is 30.4 Å². The van der Waals surface area contributed by atoms with Crippen LogP contribution < -0.4 is 0 Å². The lowest BCUT2D eigenvalue weighted by atomic mass is 9.94. The van der Waals surface area contributed by atoms with Gasteiger partial charge in [-0.25, -0.2) is 0 Å². The number of carbonyl (C=O) groups is 2. The van der Waals surface area contributed by atoms with Crippen molar-refractivity contribution < 1.29 is 19.1 Å². The summed E-state index contributed by atoms with van der Waals surface area (Å²) < 4.78 is 10.6. The van der Waals surface area contributed by atoms with Crippen LogP contribution in [0.3, 0.4) is 0 Å². The van der Waals surface area contributed by atoms with Crippen molar-refractivity contribution in [1.82, 2.24) is 0 Å². The number of ether oxygens (including phenoxy) is 2. The zero-order chi connectivity index (χ0) is 12.8. The van der Waals surface area contributed by atoms with Gasteiger partial charge in [-0.05, 0) is 13.3 Å². The van der Waals surface area contributed by atoms with E-state index >= 15 is 0 Å². The highest BCUT2D eigenvalue weighted by Gasteiger charge is 2.30. The van der Waals surface area contributed by atoms with Gasteiger partial charge in [0, 0.05) is 6.92 Å². The fourth-order valence-electron chi connectivity index (χ4n) is 1.76. The SMILES string of the molecule is C=CC[C@@H]1C=C[C@@H](C(C)=O)[C@@H](COC(C)=O)O1. The van der Waals surface area contributed by atoms with Crippen molar-refractivity contribution in [1.29, 1.82) is 0 Å². The minimum Gasteiger partial charge on any atom is -0.463 e. The zero-order valence-corrected chi connectivity index (χ0v) is 10.2. The van der Waals surface area contributed by atoms with E-state index in [4.69, 9.17) is 9.47 Å². The van der Waals surface area contributed by atoms with Gasteiger partial charge in [0.1, 0.15) is 18.5 Å². The zero-order valence-electron chi connectivity index (χ0n) is 10.2. The van der Waals surface area contributed by atoms with Crippen LogP contribution in [0.4, 0.5) is 0 Å².